The average molecular weight is 394 g/mol. The number of benzene rings is 2. The van der Waals surface area contributed by atoms with Gasteiger partial charge in [-0.25, -0.2) is 0 Å². The van der Waals surface area contributed by atoms with E-state index in [9.17, 15) is 9.59 Å². The highest BCUT2D eigenvalue weighted by Gasteiger charge is 2.22. The summed E-state index contributed by atoms with van der Waals surface area (Å²) < 4.78 is 11.2. The lowest BCUT2D eigenvalue weighted by atomic mass is 10.1. The molecule has 2 heterocycles. The van der Waals surface area contributed by atoms with Crippen molar-refractivity contribution in [3.63, 3.8) is 0 Å². The Bertz CT molecular complexity index is 896. The standard InChI is InChI=1S/C23H26N2O4/c26-22-8-4-12-25(22)19-7-3-6-18(16-19)23(27)24-11-2-1-5-17-9-10-20-21(15-17)29-14-13-28-20/h3,6-7,9-10,15-16H,1-2,4-5,8,11-14H2,(H,24,27). The first-order chi connectivity index (χ1) is 14.2. The van der Waals surface area contributed by atoms with E-state index in [0.29, 0.717) is 31.7 Å². The summed E-state index contributed by atoms with van der Waals surface area (Å²) in [6.07, 6.45) is 4.25. The molecule has 2 amide bonds. The topological polar surface area (TPSA) is 67.9 Å². The third-order valence-corrected chi connectivity index (χ3v) is 5.28. The third kappa shape index (κ3) is 4.70. The Kier molecular flexibility index (Phi) is 5.98. The minimum absolute atomic E-state index is 0.0992. The van der Waals surface area contributed by atoms with Gasteiger partial charge in [-0.1, -0.05) is 12.1 Å². The molecule has 1 fully saturated rings. The first-order valence-electron chi connectivity index (χ1n) is 10.3. The molecule has 152 valence electrons. The van der Waals surface area contributed by atoms with Crippen LogP contribution in [0.4, 0.5) is 5.69 Å². The van der Waals surface area contributed by atoms with Crippen molar-refractivity contribution in [2.45, 2.75) is 32.1 Å². The van der Waals surface area contributed by atoms with Gasteiger partial charge < -0.3 is 19.7 Å². The first-order valence-corrected chi connectivity index (χ1v) is 10.3. The summed E-state index contributed by atoms with van der Waals surface area (Å²) in [4.78, 5) is 26.1. The summed E-state index contributed by atoms with van der Waals surface area (Å²) in [5.41, 5.74) is 2.61. The summed E-state index contributed by atoms with van der Waals surface area (Å²) in [6, 6.07) is 13.4. The van der Waals surface area contributed by atoms with Gasteiger partial charge in [-0.15, -0.1) is 0 Å². The molecule has 1 N–H and O–H groups in total. The quantitative estimate of drug-likeness (QED) is 0.732. The normalized spacial score (nSPS) is 15.4. The molecule has 6 heteroatoms. The van der Waals surface area contributed by atoms with Crippen LogP contribution in [0.15, 0.2) is 42.5 Å². The Hall–Kier alpha value is -3.02. The highest BCUT2D eigenvalue weighted by atomic mass is 16.6. The molecule has 0 radical (unpaired) electrons. The number of unbranched alkanes of at least 4 members (excludes halogenated alkanes) is 1. The van der Waals surface area contributed by atoms with E-state index in [1.54, 1.807) is 17.0 Å². The molecule has 2 aliphatic heterocycles. The van der Waals surface area contributed by atoms with Crippen LogP contribution in [0.25, 0.3) is 0 Å². The number of anilines is 1. The van der Waals surface area contributed by atoms with Gasteiger partial charge in [0.05, 0.1) is 0 Å². The van der Waals surface area contributed by atoms with Gasteiger partial charge in [0.15, 0.2) is 11.5 Å². The van der Waals surface area contributed by atoms with Crippen LogP contribution in [-0.2, 0) is 11.2 Å². The predicted molar refractivity (Wildman–Crippen MR) is 111 cm³/mol. The molecule has 29 heavy (non-hydrogen) atoms. The van der Waals surface area contributed by atoms with Crippen molar-refractivity contribution in [1.82, 2.24) is 5.32 Å². The summed E-state index contributed by atoms with van der Waals surface area (Å²) >= 11 is 0. The van der Waals surface area contributed by atoms with Crippen molar-refractivity contribution < 1.29 is 19.1 Å². The molecule has 0 aromatic heterocycles. The monoisotopic (exact) mass is 394 g/mol. The van der Waals surface area contributed by atoms with Gasteiger partial charge in [0.1, 0.15) is 13.2 Å². The summed E-state index contributed by atoms with van der Waals surface area (Å²) in [7, 11) is 0. The molecule has 2 aromatic carbocycles. The van der Waals surface area contributed by atoms with Crippen molar-refractivity contribution in [2.24, 2.45) is 0 Å². The molecule has 2 aromatic rings. The lowest BCUT2D eigenvalue weighted by molar-refractivity contribution is -0.117. The maximum absolute atomic E-state index is 12.4. The summed E-state index contributed by atoms with van der Waals surface area (Å²) in [6.45, 7) is 2.54. The zero-order valence-electron chi connectivity index (χ0n) is 16.5. The Morgan fingerprint density at radius 1 is 1.03 bits per heavy atom. The van der Waals surface area contributed by atoms with Crippen molar-refractivity contribution in [2.75, 3.05) is 31.2 Å². The van der Waals surface area contributed by atoms with Crippen molar-refractivity contribution in [3.05, 3.63) is 53.6 Å². The fraction of sp³-hybridized carbons (Fsp3) is 0.391. The second kappa shape index (κ2) is 8.99. The van der Waals surface area contributed by atoms with Gasteiger partial charge >= 0.3 is 0 Å². The van der Waals surface area contributed by atoms with Crippen molar-refractivity contribution in [3.8, 4) is 11.5 Å². The van der Waals surface area contributed by atoms with Crippen LogP contribution < -0.4 is 19.7 Å². The number of nitrogens with zero attached hydrogens (tertiary/aromatic N) is 1. The minimum Gasteiger partial charge on any atom is -0.486 e. The lowest BCUT2D eigenvalue weighted by Crippen LogP contribution is -2.26. The van der Waals surface area contributed by atoms with E-state index in [4.69, 9.17) is 9.47 Å². The fourth-order valence-electron chi connectivity index (χ4n) is 3.74. The van der Waals surface area contributed by atoms with Crippen LogP contribution >= 0.6 is 0 Å². The average Bonchev–Trinajstić information content (AvgIpc) is 3.19. The van der Waals surface area contributed by atoms with Crippen LogP contribution in [-0.4, -0.2) is 38.1 Å². The van der Waals surface area contributed by atoms with Gasteiger partial charge in [-0.05, 0) is 61.6 Å². The highest BCUT2D eigenvalue weighted by Crippen LogP contribution is 2.31. The molecule has 0 aliphatic carbocycles. The van der Waals surface area contributed by atoms with Gasteiger partial charge in [-0.3, -0.25) is 9.59 Å². The second-order valence-corrected chi connectivity index (χ2v) is 7.39. The molecular formula is C23H26N2O4. The van der Waals surface area contributed by atoms with E-state index in [1.807, 2.05) is 24.3 Å². The molecular weight excluding hydrogens is 368 g/mol. The zero-order valence-corrected chi connectivity index (χ0v) is 16.5. The van der Waals surface area contributed by atoms with E-state index < -0.39 is 0 Å². The molecule has 0 bridgehead atoms. The van der Waals surface area contributed by atoms with Gasteiger partial charge in [-0.2, -0.15) is 0 Å². The number of hydrogen-bond acceptors (Lipinski definition) is 4. The van der Waals surface area contributed by atoms with Crippen LogP contribution in [0, 0.1) is 0 Å². The summed E-state index contributed by atoms with van der Waals surface area (Å²) in [5, 5.41) is 2.98. The van der Waals surface area contributed by atoms with E-state index in [-0.39, 0.29) is 11.8 Å². The van der Waals surface area contributed by atoms with Crippen LogP contribution in [0.5, 0.6) is 11.5 Å². The maximum Gasteiger partial charge on any atom is 0.251 e. The second-order valence-electron chi connectivity index (χ2n) is 7.39. The Morgan fingerprint density at radius 2 is 1.90 bits per heavy atom. The van der Waals surface area contributed by atoms with Crippen molar-refractivity contribution in [1.29, 1.82) is 0 Å². The van der Waals surface area contributed by atoms with Crippen molar-refractivity contribution >= 4 is 17.5 Å². The van der Waals surface area contributed by atoms with Gasteiger partial charge in [0, 0.05) is 30.8 Å². The largest absolute Gasteiger partial charge is 0.486 e. The molecule has 2 aliphatic rings. The fourth-order valence-corrected chi connectivity index (χ4v) is 3.74. The number of fused-ring (bicyclic) bond motifs is 1. The molecule has 6 nitrogen and oxygen atoms in total. The van der Waals surface area contributed by atoms with Crippen LogP contribution in [0.1, 0.15) is 41.6 Å². The van der Waals surface area contributed by atoms with E-state index in [2.05, 4.69) is 11.4 Å². The molecule has 0 spiro atoms. The van der Waals surface area contributed by atoms with Crippen LogP contribution in [0.3, 0.4) is 0 Å². The number of amides is 2. The zero-order chi connectivity index (χ0) is 20.1. The number of aryl methyl sites for hydroxylation is 1. The molecule has 4 rings (SSSR count). The Balaban J connectivity index is 1.23. The number of hydrogen-bond donors (Lipinski definition) is 1. The third-order valence-electron chi connectivity index (χ3n) is 5.28. The van der Waals surface area contributed by atoms with Gasteiger partial charge in [0.2, 0.25) is 5.91 Å². The first kappa shape index (κ1) is 19.3. The highest BCUT2D eigenvalue weighted by molar-refractivity contribution is 5.99. The molecule has 0 saturated carbocycles. The lowest BCUT2D eigenvalue weighted by Gasteiger charge is -2.18. The van der Waals surface area contributed by atoms with Crippen LogP contribution in [0.2, 0.25) is 0 Å². The Morgan fingerprint density at radius 3 is 2.72 bits per heavy atom. The maximum atomic E-state index is 12.4. The Labute approximate surface area is 170 Å². The minimum atomic E-state index is -0.0992. The number of rotatable bonds is 7. The summed E-state index contributed by atoms with van der Waals surface area (Å²) in [5.74, 6) is 1.66. The molecule has 0 unspecified atom stereocenters. The SMILES string of the molecule is O=C(NCCCCc1ccc2c(c1)OCCO2)c1cccc(N2CCCC2=O)c1. The number of carbonyl (C=O) groups excluding carboxylic acids is 2. The van der Waals surface area contributed by atoms with Gasteiger partial charge in [0.25, 0.3) is 5.91 Å². The number of nitrogens with one attached hydrogen (secondary N) is 1. The predicted octanol–water partition coefficient (Wildman–Crippen LogP) is 3.34. The van der Waals surface area contributed by atoms with E-state index in [0.717, 1.165) is 49.4 Å². The molecule has 1 saturated heterocycles. The smallest absolute Gasteiger partial charge is 0.251 e. The number of ether oxygens (including phenoxy) is 2. The molecule has 0 atom stereocenters. The van der Waals surface area contributed by atoms with E-state index >= 15 is 0 Å². The van der Waals surface area contributed by atoms with E-state index in [1.165, 1.54) is 5.56 Å². The number of carbonyl (C=O) groups is 2.